The van der Waals surface area contributed by atoms with Crippen LogP contribution in [0, 0.1) is 0 Å². The van der Waals surface area contributed by atoms with Gasteiger partial charge >= 0.3 is 6.61 Å². The minimum atomic E-state index is -2.92. The van der Waals surface area contributed by atoms with Gasteiger partial charge in [0, 0.05) is 24.7 Å². The van der Waals surface area contributed by atoms with Crippen LogP contribution in [0.5, 0.6) is 17.2 Å². The molecule has 1 aromatic carbocycles. The molecule has 3 rings (SSSR count). The predicted octanol–water partition coefficient (Wildman–Crippen LogP) is 1.93. The van der Waals surface area contributed by atoms with Crippen molar-refractivity contribution in [1.82, 2.24) is 4.90 Å². The summed E-state index contributed by atoms with van der Waals surface area (Å²) in [7, 11) is 1.87. The fourth-order valence-corrected chi connectivity index (χ4v) is 2.22. The van der Waals surface area contributed by atoms with Gasteiger partial charge in [-0.3, -0.25) is 0 Å². The molecule has 0 spiro atoms. The number of ether oxygens (including phenoxy) is 3. The first-order chi connectivity index (χ1) is 10.5. The van der Waals surface area contributed by atoms with E-state index in [2.05, 4.69) is 9.73 Å². The summed E-state index contributed by atoms with van der Waals surface area (Å²) in [6, 6.07) is 3.41. The summed E-state index contributed by atoms with van der Waals surface area (Å²) >= 11 is 0. The normalized spacial score (nSPS) is 17.0. The topological polar surface area (TPSA) is 69.3 Å². The Morgan fingerprint density at radius 1 is 1.41 bits per heavy atom. The van der Waals surface area contributed by atoms with Gasteiger partial charge in [-0.05, 0) is 18.9 Å². The number of hydrogen-bond donors (Lipinski definition) is 1. The molecule has 1 fully saturated rings. The lowest BCUT2D eigenvalue weighted by atomic mass is 10.1. The smallest absolute Gasteiger partial charge is 0.387 e. The molecule has 1 saturated carbocycles. The van der Waals surface area contributed by atoms with E-state index in [1.165, 1.54) is 6.07 Å². The number of alkyl halides is 2. The lowest BCUT2D eigenvalue weighted by Crippen LogP contribution is -2.35. The summed E-state index contributed by atoms with van der Waals surface area (Å²) in [5.74, 6) is 1.26. The maximum absolute atomic E-state index is 12.5. The maximum Gasteiger partial charge on any atom is 0.387 e. The van der Waals surface area contributed by atoms with Crippen LogP contribution in [-0.4, -0.2) is 37.4 Å². The minimum Gasteiger partial charge on any atom is -0.454 e. The Balaban J connectivity index is 1.80. The summed E-state index contributed by atoms with van der Waals surface area (Å²) in [5, 5.41) is 0. The highest BCUT2D eigenvalue weighted by Gasteiger charge is 2.27. The van der Waals surface area contributed by atoms with Gasteiger partial charge in [-0.25, -0.2) is 4.99 Å². The van der Waals surface area contributed by atoms with Crippen molar-refractivity contribution in [1.29, 1.82) is 0 Å². The van der Waals surface area contributed by atoms with Crippen LogP contribution in [0.2, 0.25) is 0 Å². The summed E-state index contributed by atoms with van der Waals surface area (Å²) in [4.78, 5) is 6.14. The molecule has 0 saturated heterocycles. The molecule has 0 aromatic heterocycles. The molecule has 2 N–H and O–H groups in total. The Kier molecular flexibility index (Phi) is 3.91. The second kappa shape index (κ2) is 5.86. The molecule has 0 unspecified atom stereocenters. The van der Waals surface area contributed by atoms with E-state index < -0.39 is 6.61 Å². The molecule has 120 valence electrons. The molecule has 0 atom stereocenters. The molecule has 0 amide bonds. The molecule has 8 heteroatoms. The van der Waals surface area contributed by atoms with Crippen molar-refractivity contribution in [2.24, 2.45) is 10.7 Å². The second-order valence-corrected chi connectivity index (χ2v) is 5.21. The number of nitrogens with two attached hydrogens (primary N) is 1. The number of nitrogens with zero attached hydrogens (tertiary/aromatic N) is 2. The van der Waals surface area contributed by atoms with E-state index in [0.29, 0.717) is 29.1 Å². The average Bonchev–Trinajstić information content (AvgIpc) is 3.22. The highest BCUT2D eigenvalue weighted by Crippen LogP contribution is 2.39. The number of fused-ring (bicyclic) bond motifs is 1. The monoisotopic (exact) mass is 313 g/mol. The molecule has 6 nitrogen and oxygen atoms in total. The van der Waals surface area contributed by atoms with Crippen molar-refractivity contribution in [3.63, 3.8) is 0 Å². The first kappa shape index (κ1) is 14.7. The van der Waals surface area contributed by atoms with Gasteiger partial charge in [0.2, 0.25) is 6.79 Å². The van der Waals surface area contributed by atoms with E-state index in [1.54, 1.807) is 6.07 Å². The van der Waals surface area contributed by atoms with Crippen LogP contribution in [0.1, 0.15) is 18.4 Å². The highest BCUT2D eigenvalue weighted by atomic mass is 19.3. The van der Waals surface area contributed by atoms with Gasteiger partial charge in [0.25, 0.3) is 0 Å². The van der Waals surface area contributed by atoms with Crippen LogP contribution < -0.4 is 19.9 Å². The van der Waals surface area contributed by atoms with E-state index in [0.717, 1.165) is 12.8 Å². The highest BCUT2D eigenvalue weighted by molar-refractivity contribution is 5.78. The molecule has 1 aliphatic heterocycles. The van der Waals surface area contributed by atoms with Crippen LogP contribution in [0.25, 0.3) is 0 Å². The van der Waals surface area contributed by atoms with Crippen molar-refractivity contribution in [3.8, 4) is 17.2 Å². The first-order valence-electron chi connectivity index (χ1n) is 6.94. The van der Waals surface area contributed by atoms with Gasteiger partial charge in [-0.1, -0.05) is 0 Å². The fourth-order valence-electron chi connectivity index (χ4n) is 2.22. The Morgan fingerprint density at radius 3 is 2.73 bits per heavy atom. The molecule has 1 aromatic rings. The second-order valence-electron chi connectivity index (χ2n) is 5.21. The summed E-state index contributed by atoms with van der Waals surface area (Å²) in [6.45, 7) is -2.74. The zero-order valence-electron chi connectivity index (χ0n) is 12.1. The molecule has 1 aliphatic carbocycles. The van der Waals surface area contributed by atoms with Crippen LogP contribution in [0.15, 0.2) is 17.1 Å². The summed E-state index contributed by atoms with van der Waals surface area (Å²) in [6.07, 6.45) is 2.19. The third-order valence-electron chi connectivity index (χ3n) is 3.64. The SMILES string of the molecule is CN(C(N)=NCc1cc2c(cc1OC(F)F)OCO2)C1CC1. The maximum atomic E-state index is 12.5. The molecule has 2 aliphatic rings. The van der Waals surface area contributed by atoms with E-state index in [9.17, 15) is 8.78 Å². The molecule has 22 heavy (non-hydrogen) atoms. The Labute approximate surface area is 126 Å². The van der Waals surface area contributed by atoms with Crippen LogP contribution in [0.3, 0.4) is 0 Å². The Bertz CT molecular complexity index is 591. The largest absolute Gasteiger partial charge is 0.454 e. The zero-order chi connectivity index (χ0) is 15.7. The van der Waals surface area contributed by atoms with Gasteiger partial charge in [0.1, 0.15) is 5.75 Å². The van der Waals surface area contributed by atoms with Gasteiger partial charge < -0.3 is 24.8 Å². The number of hydrogen-bond acceptors (Lipinski definition) is 4. The van der Waals surface area contributed by atoms with Crippen LogP contribution >= 0.6 is 0 Å². The minimum absolute atomic E-state index is 0.0184. The third kappa shape index (κ3) is 3.15. The van der Waals surface area contributed by atoms with Gasteiger partial charge in [0.05, 0.1) is 6.54 Å². The van der Waals surface area contributed by atoms with E-state index >= 15 is 0 Å². The Hall–Kier alpha value is -2.25. The zero-order valence-corrected chi connectivity index (χ0v) is 12.1. The number of guanidine groups is 1. The number of aliphatic imine (C=N–C) groups is 1. The quantitative estimate of drug-likeness (QED) is 0.664. The lowest BCUT2D eigenvalue weighted by Gasteiger charge is -2.17. The fraction of sp³-hybridized carbons (Fsp3) is 0.500. The third-order valence-corrected chi connectivity index (χ3v) is 3.64. The van der Waals surface area contributed by atoms with Crippen LogP contribution in [-0.2, 0) is 6.54 Å². The number of rotatable bonds is 5. The van der Waals surface area contributed by atoms with Gasteiger partial charge in [0.15, 0.2) is 17.5 Å². The number of halogens is 2. The van der Waals surface area contributed by atoms with E-state index in [-0.39, 0.29) is 19.1 Å². The number of benzene rings is 1. The van der Waals surface area contributed by atoms with Crippen molar-refractivity contribution in [3.05, 3.63) is 17.7 Å². The summed E-state index contributed by atoms with van der Waals surface area (Å²) < 4.78 is 40.0. The van der Waals surface area contributed by atoms with Crippen molar-refractivity contribution < 1.29 is 23.0 Å². The van der Waals surface area contributed by atoms with Crippen LogP contribution in [0.4, 0.5) is 8.78 Å². The van der Waals surface area contributed by atoms with Crippen molar-refractivity contribution in [2.45, 2.75) is 32.0 Å². The first-order valence-corrected chi connectivity index (χ1v) is 6.94. The predicted molar refractivity (Wildman–Crippen MR) is 75.3 cm³/mol. The standard InChI is InChI=1S/C14H17F2N3O3/c1-19(9-2-3-9)14(17)18-6-8-4-11-12(21-7-20-11)5-10(8)22-13(15)16/h4-5,9,13H,2-3,6-7H2,1H3,(H2,17,18). The van der Waals surface area contributed by atoms with Crippen molar-refractivity contribution >= 4 is 5.96 Å². The van der Waals surface area contributed by atoms with Crippen molar-refractivity contribution in [2.75, 3.05) is 13.8 Å². The lowest BCUT2D eigenvalue weighted by molar-refractivity contribution is -0.0505. The molecule has 0 bridgehead atoms. The Morgan fingerprint density at radius 2 is 2.09 bits per heavy atom. The molecular weight excluding hydrogens is 296 g/mol. The van der Waals surface area contributed by atoms with E-state index in [1.807, 2.05) is 11.9 Å². The average molecular weight is 313 g/mol. The van der Waals surface area contributed by atoms with Gasteiger partial charge in [-0.2, -0.15) is 8.78 Å². The molecular formula is C14H17F2N3O3. The van der Waals surface area contributed by atoms with E-state index in [4.69, 9.17) is 15.2 Å². The van der Waals surface area contributed by atoms with Gasteiger partial charge in [-0.15, -0.1) is 0 Å². The summed E-state index contributed by atoms with van der Waals surface area (Å²) in [5.41, 5.74) is 6.37. The molecule has 0 radical (unpaired) electrons. The molecule has 1 heterocycles.